The highest BCUT2D eigenvalue weighted by Crippen LogP contribution is 2.27. The molecule has 1 aliphatic heterocycles. The number of nitrogens with one attached hydrogen (secondary N) is 1. The summed E-state index contributed by atoms with van der Waals surface area (Å²) in [6.07, 6.45) is 8.43. The maximum absolute atomic E-state index is 12.3. The van der Waals surface area contributed by atoms with Crippen molar-refractivity contribution in [1.29, 1.82) is 0 Å². The topological polar surface area (TPSA) is 58.1 Å². The van der Waals surface area contributed by atoms with Crippen molar-refractivity contribution in [3.8, 4) is 0 Å². The Morgan fingerprint density at radius 1 is 1.35 bits per heavy atom. The minimum absolute atomic E-state index is 0.0378. The normalized spacial score (nSPS) is 14.7. The first-order valence-electron chi connectivity index (χ1n) is 8.18. The summed E-state index contributed by atoms with van der Waals surface area (Å²) in [6.45, 7) is 4.15. The molecule has 0 unspecified atom stereocenters. The predicted molar refractivity (Wildman–Crippen MR) is 94.1 cm³/mol. The Morgan fingerprint density at radius 2 is 2.17 bits per heavy atom. The van der Waals surface area contributed by atoms with E-state index >= 15 is 0 Å². The van der Waals surface area contributed by atoms with Gasteiger partial charge in [0, 0.05) is 24.7 Å². The highest BCUT2D eigenvalue weighted by molar-refractivity contribution is 7.09. The number of piperidine rings is 1. The van der Waals surface area contributed by atoms with Crippen LogP contribution in [0.25, 0.3) is 0 Å². The summed E-state index contributed by atoms with van der Waals surface area (Å²) < 4.78 is 0. The molecule has 1 aliphatic rings. The molecule has 1 N–H and O–H groups in total. The zero-order valence-electron chi connectivity index (χ0n) is 13.4. The Balaban J connectivity index is 1.68. The van der Waals surface area contributed by atoms with Gasteiger partial charge in [0.15, 0.2) is 0 Å². The van der Waals surface area contributed by atoms with E-state index in [1.807, 2.05) is 11.4 Å². The van der Waals surface area contributed by atoms with Crippen LogP contribution in [0, 0.1) is 0 Å². The monoisotopic (exact) mass is 330 g/mol. The van der Waals surface area contributed by atoms with Crippen LogP contribution in [0.1, 0.15) is 36.9 Å². The van der Waals surface area contributed by atoms with Crippen LogP contribution in [0.2, 0.25) is 0 Å². The molecule has 2 aromatic rings. The van der Waals surface area contributed by atoms with Gasteiger partial charge in [-0.1, -0.05) is 6.92 Å². The number of aromatic nitrogens is 2. The zero-order chi connectivity index (χ0) is 16.1. The Labute approximate surface area is 140 Å². The number of carbonyl (C=O) groups is 1. The molecule has 6 heteroatoms. The SMILES string of the molecule is CCc1nc(CC(=O)Nc2cnccc2N2CCCCC2)cs1. The molecule has 0 aliphatic carbocycles. The second-order valence-electron chi connectivity index (χ2n) is 5.75. The molecule has 1 saturated heterocycles. The molecule has 0 saturated carbocycles. The third-order valence-corrected chi connectivity index (χ3v) is 5.05. The van der Waals surface area contributed by atoms with Crippen molar-refractivity contribution in [3.63, 3.8) is 0 Å². The van der Waals surface area contributed by atoms with Crippen LogP contribution in [0.3, 0.4) is 0 Å². The Morgan fingerprint density at radius 3 is 2.91 bits per heavy atom. The van der Waals surface area contributed by atoms with Crippen LogP contribution in [-0.2, 0) is 17.6 Å². The van der Waals surface area contributed by atoms with E-state index in [1.165, 1.54) is 19.3 Å². The van der Waals surface area contributed by atoms with Gasteiger partial charge < -0.3 is 10.2 Å². The number of pyridine rings is 1. The number of aryl methyl sites for hydroxylation is 1. The van der Waals surface area contributed by atoms with Gasteiger partial charge in [0.2, 0.25) is 5.91 Å². The largest absolute Gasteiger partial charge is 0.370 e. The van der Waals surface area contributed by atoms with Crippen molar-refractivity contribution >= 4 is 28.6 Å². The van der Waals surface area contributed by atoms with Crippen LogP contribution in [-0.4, -0.2) is 29.0 Å². The lowest BCUT2D eigenvalue weighted by molar-refractivity contribution is -0.115. The summed E-state index contributed by atoms with van der Waals surface area (Å²) in [5.74, 6) is -0.0378. The maximum atomic E-state index is 12.3. The average molecular weight is 330 g/mol. The van der Waals surface area contributed by atoms with Crippen molar-refractivity contribution in [2.24, 2.45) is 0 Å². The van der Waals surface area contributed by atoms with E-state index in [2.05, 4.69) is 27.1 Å². The smallest absolute Gasteiger partial charge is 0.230 e. The molecule has 0 bridgehead atoms. The molecule has 3 rings (SSSR count). The predicted octanol–water partition coefficient (Wildman–Crippen LogP) is 3.27. The Kier molecular flexibility index (Phi) is 5.23. The lowest BCUT2D eigenvalue weighted by atomic mass is 10.1. The minimum Gasteiger partial charge on any atom is -0.370 e. The number of nitrogens with zero attached hydrogens (tertiary/aromatic N) is 3. The summed E-state index contributed by atoms with van der Waals surface area (Å²) in [5.41, 5.74) is 2.71. The van der Waals surface area contributed by atoms with Crippen molar-refractivity contribution < 1.29 is 4.79 Å². The van der Waals surface area contributed by atoms with Crippen molar-refractivity contribution in [3.05, 3.63) is 34.5 Å². The standard InChI is InChI=1S/C17H22N4OS/c1-2-17-19-13(12-23-17)10-16(22)20-14-11-18-7-6-15(14)21-8-4-3-5-9-21/h6-7,11-12H,2-5,8-10H2,1H3,(H,20,22). The number of rotatable bonds is 5. The molecule has 0 aromatic carbocycles. The molecule has 1 amide bonds. The summed E-state index contributed by atoms with van der Waals surface area (Å²) in [4.78, 5) is 23.3. The van der Waals surface area contributed by atoms with Gasteiger partial charge in [0.05, 0.1) is 34.7 Å². The van der Waals surface area contributed by atoms with Crippen LogP contribution < -0.4 is 10.2 Å². The van der Waals surface area contributed by atoms with Crippen molar-refractivity contribution in [1.82, 2.24) is 9.97 Å². The number of thiazole rings is 1. The van der Waals surface area contributed by atoms with E-state index in [-0.39, 0.29) is 5.91 Å². The summed E-state index contributed by atoms with van der Waals surface area (Å²) in [5, 5.41) is 6.04. The van der Waals surface area contributed by atoms with Crippen LogP contribution in [0.4, 0.5) is 11.4 Å². The van der Waals surface area contributed by atoms with Gasteiger partial charge in [-0.2, -0.15) is 0 Å². The first kappa shape index (κ1) is 15.9. The number of carbonyl (C=O) groups excluding carboxylic acids is 1. The fraction of sp³-hybridized carbons (Fsp3) is 0.471. The molecular weight excluding hydrogens is 308 g/mol. The van der Waals surface area contributed by atoms with Gasteiger partial charge in [0.1, 0.15) is 0 Å². The summed E-state index contributed by atoms with van der Waals surface area (Å²) >= 11 is 1.61. The third-order valence-electron chi connectivity index (χ3n) is 4.01. The Bertz CT molecular complexity index is 664. The van der Waals surface area contributed by atoms with E-state index in [4.69, 9.17) is 0 Å². The quantitative estimate of drug-likeness (QED) is 0.914. The molecule has 0 spiro atoms. The highest BCUT2D eigenvalue weighted by Gasteiger charge is 2.16. The average Bonchev–Trinajstić information content (AvgIpc) is 3.03. The van der Waals surface area contributed by atoms with E-state index in [0.717, 1.165) is 41.6 Å². The lowest BCUT2D eigenvalue weighted by Gasteiger charge is -2.30. The molecule has 122 valence electrons. The number of anilines is 2. The van der Waals surface area contributed by atoms with E-state index in [1.54, 1.807) is 23.7 Å². The lowest BCUT2D eigenvalue weighted by Crippen LogP contribution is -2.30. The second-order valence-corrected chi connectivity index (χ2v) is 6.69. The third kappa shape index (κ3) is 4.07. The van der Waals surface area contributed by atoms with E-state index in [9.17, 15) is 4.79 Å². The number of hydrogen-bond acceptors (Lipinski definition) is 5. The zero-order valence-corrected chi connectivity index (χ0v) is 14.2. The minimum atomic E-state index is -0.0378. The van der Waals surface area contributed by atoms with Crippen LogP contribution >= 0.6 is 11.3 Å². The molecule has 23 heavy (non-hydrogen) atoms. The molecule has 5 nitrogen and oxygen atoms in total. The molecule has 2 aromatic heterocycles. The molecule has 3 heterocycles. The fourth-order valence-corrected chi connectivity index (χ4v) is 3.59. The Hall–Kier alpha value is -1.95. The van der Waals surface area contributed by atoms with Gasteiger partial charge in [-0.25, -0.2) is 4.98 Å². The fourth-order valence-electron chi connectivity index (χ4n) is 2.85. The van der Waals surface area contributed by atoms with Gasteiger partial charge >= 0.3 is 0 Å². The number of hydrogen-bond donors (Lipinski definition) is 1. The van der Waals surface area contributed by atoms with Gasteiger partial charge in [-0.3, -0.25) is 9.78 Å². The van der Waals surface area contributed by atoms with Crippen LogP contribution in [0.15, 0.2) is 23.8 Å². The molecule has 0 radical (unpaired) electrons. The van der Waals surface area contributed by atoms with E-state index in [0.29, 0.717) is 6.42 Å². The first-order chi connectivity index (χ1) is 11.3. The summed E-state index contributed by atoms with van der Waals surface area (Å²) in [6, 6.07) is 1.99. The first-order valence-corrected chi connectivity index (χ1v) is 9.06. The molecule has 0 atom stereocenters. The van der Waals surface area contributed by atoms with Crippen molar-refractivity contribution in [2.75, 3.05) is 23.3 Å². The van der Waals surface area contributed by atoms with Crippen molar-refractivity contribution in [2.45, 2.75) is 39.0 Å². The van der Waals surface area contributed by atoms with Gasteiger partial charge in [-0.15, -0.1) is 11.3 Å². The summed E-state index contributed by atoms with van der Waals surface area (Å²) in [7, 11) is 0. The van der Waals surface area contributed by atoms with E-state index < -0.39 is 0 Å². The molecular formula is C17H22N4OS. The van der Waals surface area contributed by atoms with Gasteiger partial charge in [-0.05, 0) is 31.7 Å². The second kappa shape index (κ2) is 7.55. The molecule has 1 fully saturated rings. The highest BCUT2D eigenvalue weighted by atomic mass is 32.1. The van der Waals surface area contributed by atoms with Crippen LogP contribution in [0.5, 0.6) is 0 Å². The maximum Gasteiger partial charge on any atom is 0.230 e. The van der Waals surface area contributed by atoms with Gasteiger partial charge in [0.25, 0.3) is 0 Å². The number of amides is 1.